The zero-order valence-electron chi connectivity index (χ0n) is 7.41. The summed E-state index contributed by atoms with van der Waals surface area (Å²) < 4.78 is 5.22. The van der Waals surface area contributed by atoms with Gasteiger partial charge in [0.15, 0.2) is 6.29 Å². The average molecular weight is 180 g/mol. The quantitative estimate of drug-likeness (QED) is 0.415. The number of aldehydes is 1. The smallest absolute Gasteiger partial charge is 0.152 e. The van der Waals surface area contributed by atoms with Crippen molar-refractivity contribution in [1.82, 2.24) is 0 Å². The minimum Gasteiger partial charge on any atom is -0.494 e. The van der Waals surface area contributed by atoms with E-state index in [4.69, 9.17) is 10.6 Å². The summed E-state index contributed by atoms with van der Waals surface area (Å²) in [5.41, 5.74) is 3.52. The molecule has 0 aliphatic rings. The van der Waals surface area contributed by atoms with E-state index in [1.54, 1.807) is 18.2 Å². The highest BCUT2D eigenvalue weighted by atomic mass is 16.5. The standard InChI is InChI=1S/C9H12N2O2/c1-2-13-8-3-4-9(11-10)7(5-8)6-12/h3-6,11H,2,10H2,1H3. The average Bonchev–Trinajstić information content (AvgIpc) is 2.18. The Labute approximate surface area is 76.7 Å². The fourth-order valence-electron chi connectivity index (χ4n) is 1.03. The molecular formula is C9H12N2O2. The minimum atomic E-state index is 0.494. The van der Waals surface area contributed by atoms with Crippen molar-refractivity contribution < 1.29 is 9.53 Å². The van der Waals surface area contributed by atoms with Gasteiger partial charge in [-0.25, -0.2) is 0 Å². The SMILES string of the molecule is CCOc1ccc(NN)c(C=O)c1. The van der Waals surface area contributed by atoms with Gasteiger partial charge in [0.2, 0.25) is 0 Å². The van der Waals surface area contributed by atoms with Crippen LogP contribution in [0.2, 0.25) is 0 Å². The third-order valence-corrected chi connectivity index (χ3v) is 1.62. The molecule has 1 rings (SSSR count). The first-order valence-electron chi connectivity index (χ1n) is 4.00. The molecule has 0 atom stereocenters. The van der Waals surface area contributed by atoms with Crippen molar-refractivity contribution >= 4 is 12.0 Å². The van der Waals surface area contributed by atoms with Crippen LogP contribution in [0.4, 0.5) is 5.69 Å². The van der Waals surface area contributed by atoms with Crippen LogP contribution in [-0.4, -0.2) is 12.9 Å². The molecule has 0 aliphatic heterocycles. The van der Waals surface area contributed by atoms with Crippen molar-refractivity contribution in [3.8, 4) is 5.75 Å². The molecule has 0 heterocycles. The fraction of sp³-hybridized carbons (Fsp3) is 0.222. The first kappa shape index (κ1) is 9.54. The molecule has 0 fully saturated rings. The molecule has 0 amide bonds. The number of nitrogen functional groups attached to an aromatic ring is 1. The molecule has 4 heteroatoms. The van der Waals surface area contributed by atoms with E-state index in [0.29, 0.717) is 23.6 Å². The summed E-state index contributed by atoms with van der Waals surface area (Å²) in [6.45, 7) is 2.46. The van der Waals surface area contributed by atoms with Gasteiger partial charge in [0.1, 0.15) is 5.75 Å². The van der Waals surface area contributed by atoms with Crippen molar-refractivity contribution in [3.05, 3.63) is 23.8 Å². The molecule has 0 bridgehead atoms. The Bertz CT molecular complexity index is 300. The van der Waals surface area contributed by atoms with Gasteiger partial charge in [-0.1, -0.05) is 0 Å². The summed E-state index contributed by atoms with van der Waals surface area (Å²) in [6.07, 6.45) is 0.734. The van der Waals surface area contributed by atoms with E-state index in [-0.39, 0.29) is 0 Å². The van der Waals surface area contributed by atoms with Gasteiger partial charge in [0.25, 0.3) is 0 Å². The maximum atomic E-state index is 10.6. The third kappa shape index (κ3) is 2.19. The van der Waals surface area contributed by atoms with Gasteiger partial charge in [0, 0.05) is 5.56 Å². The lowest BCUT2D eigenvalue weighted by molar-refractivity contribution is 0.112. The fourth-order valence-corrected chi connectivity index (χ4v) is 1.03. The van der Waals surface area contributed by atoms with E-state index >= 15 is 0 Å². The lowest BCUT2D eigenvalue weighted by atomic mass is 10.2. The van der Waals surface area contributed by atoms with Crippen LogP contribution in [0.1, 0.15) is 17.3 Å². The van der Waals surface area contributed by atoms with Gasteiger partial charge < -0.3 is 10.2 Å². The van der Waals surface area contributed by atoms with E-state index in [0.717, 1.165) is 6.29 Å². The van der Waals surface area contributed by atoms with Crippen molar-refractivity contribution in [2.75, 3.05) is 12.0 Å². The van der Waals surface area contributed by atoms with Crippen LogP contribution < -0.4 is 16.0 Å². The molecule has 0 aliphatic carbocycles. The number of anilines is 1. The summed E-state index contributed by atoms with van der Waals surface area (Å²) in [4.78, 5) is 10.6. The Morgan fingerprint density at radius 3 is 2.92 bits per heavy atom. The Morgan fingerprint density at radius 1 is 1.62 bits per heavy atom. The normalized spacial score (nSPS) is 9.38. The number of hydrogen-bond acceptors (Lipinski definition) is 4. The molecule has 3 N–H and O–H groups in total. The number of carbonyl (C=O) groups excluding carboxylic acids is 1. The Morgan fingerprint density at radius 2 is 2.38 bits per heavy atom. The maximum Gasteiger partial charge on any atom is 0.152 e. The lowest BCUT2D eigenvalue weighted by Crippen LogP contribution is -2.09. The maximum absolute atomic E-state index is 10.6. The van der Waals surface area contributed by atoms with Gasteiger partial charge in [-0.05, 0) is 25.1 Å². The molecule has 13 heavy (non-hydrogen) atoms. The highest BCUT2D eigenvalue weighted by Gasteiger charge is 2.01. The predicted molar refractivity (Wildman–Crippen MR) is 50.8 cm³/mol. The molecule has 70 valence electrons. The monoisotopic (exact) mass is 180 g/mol. The molecule has 1 aromatic rings. The van der Waals surface area contributed by atoms with E-state index in [1.165, 1.54) is 0 Å². The van der Waals surface area contributed by atoms with Crippen molar-refractivity contribution in [2.45, 2.75) is 6.92 Å². The molecule has 4 nitrogen and oxygen atoms in total. The zero-order valence-corrected chi connectivity index (χ0v) is 7.41. The number of nitrogens with one attached hydrogen (secondary N) is 1. The molecular weight excluding hydrogens is 168 g/mol. The molecule has 0 saturated carbocycles. The van der Waals surface area contributed by atoms with Crippen molar-refractivity contribution in [3.63, 3.8) is 0 Å². The summed E-state index contributed by atoms with van der Waals surface area (Å²) >= 11 is 0. The number of rotatable bonds is 4. The van der Waals surface area contributed by atoms with Gasteiger partial charge in [-0.15, -0.1) is 0 Å². The predicted octanol–water partition coefficient (Wildman–Crippen LogP) is 1.18. The second-order valence-corrected chi connectivity index (χ2v) is 2.44. The summed E-state index contributed by atoms with van der Waals surface area (Å²) in [6, 6.07) is 5.10. The van der Waals surface area contributed by atoms with Crippen LogP contribution in [0.3, 0.4) is 0 Å². The summed E-state index contributed by atoms with van der Waals surface area (Å²) in [5.74, 6) is 5.87. The van der Waals surface area contributed by atoms with Crippen LogP contribution in [0.5, 0.6) is 5.75 Å². The largest absolute Gasteiger partial charge is 0.494 e. The van der Waals surface area contributed by atoms with E-state index in [2.05, 4.69) is 5.43 Å². The van der Waals surface area contributed by atoms with Gasteiger partial charge in [0.05, 0.1) is 12.3 Å². The van der Waals surface area contributed by atoms with E-state index in [9.17, 15) is 4.79 Å². The number of hydrogen-bond donors (Lipinski definition) is 2. The number of ether oxygens (including phenoxy) is 1. The number of benzene rings is 1. The van der Waals surface area contributed by atoms with Crippen molar-refractivity contribution in [2.24, 2.45) is 5.84 Å². The Kier molecular flexibility index (Phi) is 3.28. The van der Waals surface area contributed by atoms with E-state index in [1.807, 2.05) is 6.92 Å². The first-order chi connectivity index (χ1) is 6.31. The molecule has 0 unspecified atom stereocenters. The third-order valence-electron chi connectivity index (χ3n) is 1.62. The molecule has 0 spiro atoms. The molecule has 0 aromatic heterocycles. The van der Waals surface area contributed by atoms with Crippen LogP contribution >= 0.6 is 0 Å². The van der Waals surface area contributed by atoms with Crippen LogP contribution in [-0.2, 0) is 0 Å². The first-order valence-corrected chi connectivity index (χ1v) is 4.00. The van der Waals surface area contributed by atoms with Crippen LogP contribution in [0.15, 0.2) is 18.2 Å². The highest BCUT2D eigenvalue weighted by Crippen LogP contribution is 2.19. The summed E-state index contributed by atoms with van der Waals surface area (Å²) in [5, 5.41) is 0. The van der Waals surface area contributed by atoms with Gasteiger partial charge >= 0.3 is 0 Å². The second kappa shape index (κ2) is 4.47. The number of hydrazine groups is 1. The van der Waals surface area contributed by atoms with Gasteiger partial charge in [-0.2, -0.15) is 0 Å². The topological polar surface area (TPSA) is 64.3 Å². The van der Waals surface area contributed by atoms with Crippen molar-refractivity contribution in [1.29, 1.82) is 0 Å². The number of nitrogens with two attached hydrogens (primary N) is 1. The molecule has 0 radical (unpaired) electrons. The zero-order chi connectivity index (χ0) is 9.68. The van der Waals surface area contributed by atoms with E-state index < -0.39 is 0 Å². The highest BCUT2D eigenvalue weighted by molar-refractivity contribution is 5.84. The number of carbonyl (C=O) groups is 1. The van der Waals surface area contributed by atoms with Crippen LogP contribution in [0.25, 0.3) is 0 Å². The Balaban J connectivity index is 2.98. The van der Waals surface area contributed by atoms with Crippen LogP contribution in [0, 0.1) is 0 Å². The summed E-state index contributed by atoms with van der Waals surface area (Å²) in [7, 11) is 0. The second-order valence-electron chi connectivity index (χ2n) is 2.44. The lowest BCUT2D eigenvalue weighted by Gasteiger charge is -2.06. The Hall–Kier alpha value is -1.55. The minimum absolute atomic E-state index is 0.494. The molecule has 1 aromatic carbocycles. The molecule has 0 saturated heterocycles. The van der Waals surface area contributed by atoms with Gasteiger partial charge in [-0.3, -0.25) is 10.6 Å².